The highest BCUT2D eigenvalue weighted by molar-refractivity contribution is 9.10. The van der Waals surface area contributed by atoms with Gasteiger partial charge in [-0.1, -0.05) is 28.1 Å². The minimum absolute atomic E-state index is 0.00564. The summed E-state index contributed by atoms with van der Waals surface area (Å²) >= 11 is 3.28. The third kappa shape index (κ3) is 4.61. The summed E-state index contributed by atoms with van der Waals surface area (Å²) in [6.45, 7) is 0.284. The molecule has 122 valence electrons. The zero-order valence-electron chi connectivity index (χ0n) is 12.9. The zero-order valence-corrected chi connectivity index (χ0v) is 14.5. The first-order valence-electron chi connectivity index (χ1n) is 7.05. The van der Waals surface area contributed by atoms with E-state index in [9.17, 15) is 15.2 Å². The lowest BCUT2D eigenvalue weighted by Crippen LogP contribution is -2.23. The van der Waals surface area contributed by atoms with Crippen LogP contribution in [0.1, 0.15) is 11.1 Å². The number of aromatic hydroxyl groups is 1. The topological polar surface area (TPSA) is 82.3 Å². The SMILES string of the molecule is COc1ccc(CNC(=O)C(C#N)=Cc2cc(Br)ccc2O)cc1. The number of phenols is 1. The molecule has 0 saturated heterocycles. The Morgan fingerprint density at radius 1 is 1.33 bits per heavy atom. The third-order valence-corrected chi connectivity index (χ3v) is 3.76. The molecule has 0 bridgehead atoms. The number of carbonyl (C=O) groups is 1. The van der Waals surface area contributed by atoms with Crippen LogP contribution in [0, 0.1) is 11.3 Å². The van der Waals surface area contributed by atoms with E-state index >= 15 is 0 Å². The van der Waals surface area contributed by atoms with Crippen molar-refractivity contribution in [3.8, 4) is 17.6 Å². The predicted molar refractivity (Wildman–Crippen MR) is 94.2 cm³/mol. The molecule has 0 unspecified atom stereocenters. The van der Waals surface area contributed by atoms with E-state index in [1.165, 1.54) is 12.1 Å². The number of ether oxygens (including phenoxy) is 1. The fourth-order valence-electron chi connectivity index (χ4n) is 1.97. The van der Waals surface area contributed by atoms with Gasteiger partial charge in [-0.25, -0.2) is 0 Å². The summed E-state index contributed by atoms with van der Waals surface area (Å²) in [5, 5.41) is 21.7. The van der Waals surface area contributed by atoms with E-state index in [-0.39, 0.29) is 17.9 Å². The second-order valence-electron chi connectivity index (χ2n) is 4.90. The maximum absolute atomic E-state index is 12.2. The van der Waals surface area contributed by atoms with Crippen molar-refractivity contribution in [2.24, 2.45) is 0 Å². The fraction of sp³-hybridized carbons (Fsp3) is 0.111. The molecular weight excluding hydrogens is 372 g/mol. The second-order valence-corrected chi connectivity index (χ2v) is 5.82. The van der Waals surface area contributed by atoms with Crippen molar-refractivity contribution < 1.29 is 14.6 Å². The number of amides is 1. The average Bonchev–Trinajstić information content (AvgIpc) is 2.60. The third-order valence-electron chi connectivity index (χ3n) is 3.27. The first kappa shape index (κ1) is 17.6. The van der Waals surface area contributed by atoms with Crippen molar-refractivity contribution in [2.75, 3.05) is 7.11 Å². The first-order chi connectivity index (χ1) is 11.5. The summed E-state index contributed by atoms with van der Waals surface area (Å²) < 4.78 is 5.81. The molecule has 2 N–H and O–H groups in total. The van der Waals surface area contributed by atoms with Crippen molar-refractivity contribution in [1.29, 1.82) is 5.26 Å². The standard InChI is InChI=1S/C18H15BrN2O3/c1-24-16-5-2-12(3-6-16)11-21-18(23)14(10-20)8-13-9-15(19)4-7-17(13)22/h2-9,22H,11H2,1H3,(H,21,23). The summed E-state index contributed by atoms with van der Waals surface area (Å²) in [4.78, 5) is 12.2. The second kappa shape index (κ2) is 8.18. The lowest BCUT2D eigenvalue weighted by atomic mass is 10.1. The van der Waals surface area contributed by atoms with Crippen LogP contribution in [0.15, 0.2) is 52.5 Å². The molecule has 0 saturated carbocycles. The highest BCUT2D eigenvalue weighted by Crippen LogP contribution is 2.24. The number of nitriles is 1. The quantitative estimate of drug-likeness (QED) is 0.609. The summed E-state index contributed by atoms with van der Waals surface area (Å²) in [7, 11) is 1.58. The van der Waals surface area contributed by atoms with Crippen LogP contribution in [-0.2, 0) is 11.3 Å². The monoisotopic (exact) mass is 386 g/mol. The van der Waals surface area contributed by atoms with E-state index in [1.54, 1.807) is 31.4 Å². The number of nitrogens with zero attached hydrogens (tertiary/aromatic N) is 1. The Balaban J connectivity index is 2.09. The van der Waals surface area contributed by atoms with E-state index < -0.39 is 5.91 Å². The zero-order chi connectivity index (χ0) is 17.5. The number of nitrogens with one attached hydrogen (secondary N) is 1. The fourth-order valence-corrected chi connectivity index (χ4v) is 2.34. The highest BCUT2D eigenvalue weighted by Gasteiger charge is 2.10. The molecule has 2 aromatic rings. The van der Waals surface area contributed by atoms with Crippen LogP contribution in [0.5, 0.6) is 11.5 Å². The highest BCUT2D eigenvalue weighted by atomic mass is 79.9. The lowest BCUT2D eigenvalue weighted by Gasteiger charge is -2.06. The smallest absolute Gasteiger partial charge is 0.262 e. The molecule has 1 amide bonds. The van der Waals surface area contributed by atoms with Gasteiger partial charge in [-0.2, -0.15) is 5.26 Å². The van der Waals surface area contributed by atoms with E-state index in [2.05, 4.69) is 21.2 Å². The lowest BCUT2D eigenvalue weighted by molar-refractivity contribution is -0.117. The minimum Gasteiger partial charge on any atom is -0.507 e. The summed E-state index contributed by atoms with van der Waals surface area (Å²) in [5.41, 5.74) is 1.18. The number of benzene rings is 2. The van der Waals surface area contributed by atoms with E-state index in [1.807, 2.05) is 18.2 Å². The van der Waals surface area contributed by atoms with Gasteiger partial charge in [0.2, 0.25) is 0 Å². The van der Waals surface area contributed by atoms with E-state index in [4.69, 9.17) is 4.74 Å². The van der Waals surface area contributed by atoms with Crippen LogP contribution < -0.4 is 10.1 Å². The molecule has 2 rings (SSSR count). The molecule has 0 aliphatic heterocycles. The molecule has 0 heterocycles. The van der Waals surface area contributed by atoms with E-state index in [0.717, 1.165) is 15.8 Å². The Labute approximate surface area is 148 Å². The van der Waals surface area contributed by atoms with Gasteiger partial charge in [-0.05, 0) is 42.0 Å². The molecule has 0 aliphatic carbocycles. The Morgan fingerprint density at radius 3 is 2.67 bits per heavy atom. The molecule has 24 heavy (non-hydrogen) atoms. The minimum atomic E-state index is -0.507. The van der Waals surface area contributed by atoms with Crippen molar-refractivity contribution >= 4 is 27.9 Å². The number of phenolic OH excluding ortho intramolecular Hbond substituents is 1. The van der Waals surface area contributed by atoms with Crippen molar-refractivity contribution in [3.05, 3.63) is 63.6 Å². The van der Waals surface area contributed by atoms with Crippen LogP contribution in [-0.4, -0.2) is 18.1 Å². The number of methoxy groups -OCH3 is 1. The molecule has 0 atom stereocenters. The number of carbonyl (C=O) groups excluding carboxylic acids is 1. The number of hydrogen-bond donors (Lipinski definition) is 2. The number of hydrogen-bond acceptors (Lipinski definition) is 4. The normalized spacial score (nSPS) is 10.8. The van der Waals surface area contributed by atoms with Crippen LogP contribution >= 0.6 is 15.9 Å². The van der Waals surface area contributed by atoms with Crippen molar-refractivity contribution in [2.45, 2.75) is 6.54 Å². The summed E-state index contributed by atoms with van der Waals surface area (Å²) in [6, 6.07) is 13.9. The summed E-state index contributed by atoms with van der Waals surface area (Å²) in [6.07, 6.45) is 1.35. The van der Waals surface area contributed by atoms with Gasteiger partial charge in [0.25, 0.3) is 5.91 Å². The average molecular weight is 387 g/mol. The van der Waals surface area contributed by atoms with Gasteiger partial charge in [0, 0.05) is 16.6 Å². The molecular formula is C18H15BrN2O3. The number of rotatable bonds is 5. The van der Waals surface area contributed by atoms with Gasteiger partial charge in [0.05, 0.1) is 7.11 Å². The number of halogens is 1. The van der Waals surface area contributed by atoms with Gasteiger partial charge in [0.15, 0.2) is 0 Å². The van der Waals surface area contributed by atoms with Crippen LogP contribution in [0.25, 0.3) is 6.08 Å². The molecule has 0 aliphatic rings. The maximum atomic E-state index is 12.2. The predicted octanol–water partition coefficient (Wildman–Crippen LogP) is 3.39. The Morgan fingerprint density at radius 2 is 2.04 bits per heavy atom. The Hall–Kier alpha value is -2.78. The van der Waals surface area contributed by atoms with Gasteiger partial charge in [-0.15, -0.1) is 0 Å². The molecule has 2 aromatic carbocycles. The van der Waals surface area contributed by atoms with Crippen LogP contribution in [0.2, 0.25) is 0 Å². The van der Waals surface area contributed by atoms with Crippen molar-refractivity contribution in [3.63, 3.8) is 0 Å². The largest absolute Gasteiger partial charge is 0.507 e. The molecule has 0 fully saturated rings. The van der Waals surface area contributed by atoms with Crippen LogP contribution in [0.4, 0.5) is 0 Å². The Kier molecular flexibility index (Phi) is 5.99. The maximum Gasteiger partial charge on any atom is 0.262 e. The van der Waals surface area contributed by atoms with Crippen molar-refractivity contribution in [1.82, 2.24) is 5.32 Å². The van der Waals surface area contributed by atoms with Gasteiger partial charge >= 0.3 is 0 Å². The summed E-state index contributed by atoms with van der Waals surface area (Å²) in [5.74, 6) is 0.217. The molecule has 6 heteroatoms. The van der Waals surface area contributed by atoms with Crippen LogP contribution in [0.3, 0.4) is 0 Å². The Bertz CT molecular complexity index is 808. The molecule has 5 nitrogen and oxygen atoms in total. The molecule has 0 radical (unpaired) electrons. The van der Waals surface area contributed by atoms with Gasteiger partial charge < -0.3 is 15.2 Å². The van der Waals surface area contributed by atoms with Gasteiger partial charge in [0.1, 0.15) is 23.1 Å². The molecule has 0 spiro atoms. The first-order valence-corrected chi connectivity index (χ1v) is 7.84. The molecule has 0 aromatic heterocycles. The van der Waals surface area contributed by atoms with Gasteiger partial charge in [-0.3, -0.25) is 4.79 Å². The van der Waals surface area contributed by atoms with E-state index in [0.29, 0.717) is 5.56 Å².